The quantitative estimate of drug-likeness (QED) is 0.920. The van der Waals surface area contributed by atoms with Gasteiger partial charge in [0.05, 0.1) is 18.3 Å². The molecule has 1 aliphatic heterocycles. The van der Waals surface area contributed by atoms with Crippen LogP contribution in [0.4, 0.5) is 10.1 Å². The minimum Gasteiger partial charge on any atom is -0.491 e. The fourth-order valence-corrected chi connectivity index (χ4v) is 2.57. The lowest BCUT2D eigenvalue weighted by Crippen LogP contribution is -2.26. The Morgan fingerprint density at radius 1 is 1.24 bits per heavy atom. The van der Waals surface area contributed by atoms with Gasteiger partial charge in [-0.1, -0.05) is 24.3 Å². The fraction of sp³-hybridized carbons (Fsp3) is 0.294. The molecule has 0 saturated carbocycles. The molecule has 0 spiro atoms. The summed E-state index contributed by atoms with van der Waals surface area (Å²) in [6.07, 6.45) is -0.665. The first kappa shape index (κ1) is 13.9. The molecule has 2 aromatic rings. The zero-order chi connectivity index (χ0) is 14.8. The second-order valence-corrected chi connectivity index (χ2v) is 5.26. The van der Waals surface area contributed by atoms with E-state index in [1.165, 1.54) is 6.07 Å². The van der Waals surface area contributed by atoms with Crippen LogP contribution >= 0.6 is 0 Å². The van der Waals surface area contributed by atoms with Gasteiger partial charge in [0.15, 0.2) is 0 Å². The number of benzene rings is 2. The molecular formula is C17H18FNO2. The van der Waals surface area contributed by atoms with E-state index in [1.807, 2.05) is 29.2 Å². The Morgan fingerprint density at radius 3 is 2.81 bits per heavy atom. The summed E-state index contributed by atoms with van der Waals surface area (Å²) in [5.74, 6) is 0.550. The molecule has 0 bridgehead atoms. The third-order valence-corrected chi connectivity index (χ3v) is 3.75. The molecule has 4 heteroatoms. The first-order valence-electron chi connectivity index (χ1n) is 7.08. The summed E-state index contributed by atoms with van der Waals surface area (Å²) in [7, 11) is 0. The fourth-order valence-electron chi connectivity index (χ4n) is 2.57. The van der Waals surface area contributed by atoms with Gasteiger partial charge in [-0.2, -0.15) is 0 Å². The first-order valence-corrected chi connectivity index (χ1v) is 7.08. The average Bonchev–Trinajstić information content (AvgIpc) is 2.69. The van der Waals surface area contributed by atoms with E-state index in [4.69, 9.17) is 4.74 Å². The number of hydrogen-bond donors (Lipinski definition) is 1. The number of ether oxygens (including phenoxy) is 1. The number of halogens is 1. The molecule has 110 valence electrons. The van der Waals surface area contributed by atoms with Gasteiger partial charge in [0.25, 0.3) is 0 Å². The van der Waals surface area contributed by atoms with Gasteiger partial charge in [-0.25, -0.2) is 4.39 Å². The van der Waals surface area contributed by atoms with Gasteiger partial charge in [0.2, 0.25) is 0 Å². The maximum atomic E-state index is 14.3. The number of rotatable bonds is 2. The van der Waals surface area contributed by atoms with E-state index in [-0.39, 0.29) is 5.82 Å². The van der Waals surface area contributed by atoms with E-state index in [2.05, 4.69) is 0 Å². The monoisotopic (exact) mass is 287 g/mol. The van der Waals surface area contributed by atoms with Gasteiger partial charge in [0.1, 0.15) is 18.2 Å². The van der Waals surface area contributed by atoms with Crippen LogP contribution in [0.1, 0.15) is 24.2 Å². The summed E-state index contributed by atoms with van der Waals surface area (Å²) in [5, 5.41) is 9.52. The highest BCUT2D eigenvalue weighted by molar-refractivity contribution is 5.51. The molecule has 1 heterocycles. The Bertz CT molecular complexity index is 642. The highest BCUT2D eigenvalue weighted by Gasteiger charge is 2.18. The zero-order valence-electron chi connectivity index (χ0n) is 11.9. The van der Waals surface area contributed by atoms with E-state index >= 15 is 0 Å². The molecule has 1 unspecified atom stereocenters. The van der Waals surface area contributed by atoms with E-state index in [1.54, 1.807) is 19.1 Å². The van der Waals surface area contributed by atoms with Crippen LogP contribution in [-0.4, -0.2) is 18.3 Å². The number of aliphatic hydroxyl groups excluding tert-OH is 1. The Balaban J connectivity index is 1.91. The van der Waals surface area contributed by atoms with Crippen molar-refractivity contribution in [3.8, 4) is 5.75 Å². The molecule has 0 radical (unpaired) electrons. The number of para-hydroxylation sites is 1. The normalized spacial score (nSPS) is 15.9. The minimum atomic E-state index is -0.665. The smallest absolute Gasteiger partial charge is 0.146 e. The van der Waals surface area contributed by atoms with E-state index in [9.17, 15) is 9.50 Å². The molecule has 0 saturated heterocycles. The van der Waals surface area contributed by atoms with Gasteiger partial charge in [0, 0.05) is 12.1 Å². The van der Waals surface area contributed by atoms with Crippen LogP contribution in [0.5, 0.6) is 5.75 Å². The van der Waals surface area contributed by atoms with E-state index < -0.39 is 6.10 Å². The molecule has 0 amide bonds. The highest BCUT2D eigenvalue weighted by Crippen LogP contribution is 2.29. The van der Waals surface area contributed by atoms with Crippen molar-refractivity contribution in [2.75, 3.05) is 18.1 Å². The Kier molecular flexibility index (Phi) is 3.80. The highest BCUT2D eigenvalue weighted by atomic mass is 19.1. The number of hydrogen-bond acceptors (Lipinski definition) is 3. The Hall–Kier alpha value is -2.07. The summed E-state index contributed by atoms with van der Waals surface area (Å²) in [6, 6.07) is 12.7. The minimum absolute atomic E-state index is 0.312. The molecule has 1 atom stereocenters. The third kappa shape index (κ3) is 2.85. The van der Waals surface area contributed by atoms with Crippen molar-refractivity contribution in [1.29, 1.82) is 0 Å². The lowest BCUT2D eigenvalue weighted by Gasteiger charge is -2.23. The van der Waals surface area contributed by atoms with Crippen molar-refractivity contribution in [2.45, 2.75) is 19.6 Å². The molecular weight excluding hydrogens is 269 g/mol. The van der Waals surface area contributed by atoms with Crippen LogP contribution in [0.3, 0.4) is 0 Å². The second-order valence-electron chi connectivity index (χ2n) is 5.26. The van der Waals surface area contributed by atoms with Crippen molar-refractivity contribution in [3.63, 3.8) is 0 Å². The average molecular weight is 287 g/mol. The predicted octanol–water partition coefficient (Wildman–Crippen LogP) is 3.28. The summed E-state index contributed by atoms with van der Waals surface area (Å²) in [5.41, 5.74) is 2.18. The van der Waals surface area contributed by atoms with Crippen molar-refractivity contribution < 1.29 is 14.2 Å². The van der Waals surface area contributed by atoms with E-state index in [0.717, 1.165) is 11.3 Å². The van der Waals surface area contributed by atoms with Crippen molar-refractivity contribution >= 4 is 5.69 Å². The summed E-state index contributed by atoms with van der Waals surface area (Å²) < 4.78 is 20.0. The Labute approximate surface area is 123 Å². The van der Waals surface area contributed by atoms with Crippen molar-refractivity contribution in [1.82, 2.24) is 0 Å². The first-order chi connectivity index (χ1) is 10.1. The molecule has 21 heavy (non-hydrogen) atoms. The molecule has 2 aromatic carbocycles. The van der Waals surface area contributed by atoms with Crippen molar-refractivity contribution in [3.05, 3.63) is 59.4 Å². The number of anilines is 1. The van der Waals surface area contributed by atoms with E-state index in [0.29, 0.717) is 30.9 Å². The maximum absolute atomic E-state index is 14.3. The Morgan fingerprint density at radius 2 is 2.05 bits per heavy atom. The van der Waals surface area contributed by atoms with Crippen LogP contribution in [0, 0.1) is 5.82 Å². The van der Waals surface area contributed by atoms with Gasteiger partial charge in [-0.3, -0.25) is 0 Å². The molecule has 1 aliphatic rings. The van der Waals surface area contributed by atoms with Crippen LogP contribution < -0.4 is 9.64 Å². The van der Waals surface area contributed by atoms with Crippen LogP contribution in [0.15, 0.2) is 42.5 Å². The number of nitrogens with zero attached hydrogens (tertiary/aromatic N) is 1. The van der Waals surface area contributed by atoms with Gasteiger partial charge >= 0.3 is 0 Å². The standard InChI is InChI=1S/C17H18FNO2/c1-12(20)13-6-7-16(15(18)10-13)19-8-9-21-17-5-3-2-4-14(17)11-19/h2-7,10,12,20H,8-9,11H2,1H3. The molecule has 0 fully saturated rings. The molecule has 0 aliphatic carbocycles. The summed E-state index contributed by atoms with van der Waals surface area (Å²) in [6.45, 7) is 3.39. The largest absolute Gasteiger partial charge is 0.491 e. The van der Waals surface area contributed by atoms with Crippen LogP contribution in [0.2, 0.25) is 0 Å². The molecule has 1 N–H and O–H groups in total. The summed E-state index contributed by atoms with van der Waals surface area (Å²) in [4.78, 5) is 1.97. The number of aliphatic hydroxyl groups is 1. The lowest BCUT2D eigenvalue weighted by molar-refractivity contribution is 0.199. The topological polar surface area (TPSA) is 32.7 Å². The molecule has 3 nitrogen and oxygen atoms in total. The van der Waals surface area contributed by atoms with Crippen LogP contribution in [-0.2, 0) is 6.54 Å². The van der Waals surface area contributed by atoms with Gasteiger partial charge in [-0.15, -0.1) is 0 Å². The van der Waals surface area contributed by atoms with Gasteiger partial charge < -0.3 is 14.7 Å². The SMILES string of the molecule is CC(O)c1ccc(N2CCOc3ccccc3C2)c(F)c1. The molecule has 3 rings (SSSR count). The maximum Gasteiger partial charge on any atom is 0.146 e. The summed E-state index contributed by atoms with van der Waals surface area (Å²) >= 11 is 0. The van der Waals surface area contributed by atoms with Crippen molar-refractivity contribution in [2.24, 2.45) is 0 Å². The lowest BCUT2D eigenvalue weighted by atomic mass is 10.1. The molecule has 0 aromatic heterocycles. The number of fused-ring (bicyclic) bond motifs is 1. The third-order valence-electron chi connectivity index (χ3n) is 3.75. The predicted molar refractivity (Wildman–Crippen MR) is 80.0 cm³/mol. The zero-order valence-corrected chi connectivity index (χ0v) is 11.9. The van der Waals surface area contributed by atoms with Gasteiger partial charge in [-0.05, 0) is 30.7 Å². The van der Waals surface area contributed by atoms with Crippen LogP contribution in [0.25, 0.3) is 0 Å². The second kappa shape index (κ2) is 5.74.